The maximum absolute atomic E-state index is 12.7. The summed E-state index contributed by atoms with van der Waals surface area (Å²) in [5, 5.41) is 3.55. The average Bonchev–Trinajstić information content (AvgIpc) is 2.75. The summed E-state index contributed by atoms with van der Waals surface area (Å²) in [6, 6.07) is 6.22. The van der Waals surface area contributed by atoms with Crippen molar-refractivity contribution >= 4 is 27.5 Å². The third-order valence-electron chi connectivity index (χ3n) is 6.07. The lowest BCUT2D eigenvalue weighted by atomic mass is 9.97. The number of sulfonamides is 1. The second-order valence-electron chi connectivity index (χ2n) is 8.28. The van der Waals surface area contributed by atoms with Gasteiger partial charge in [0.1, 0.15) is 0 Å². The van der Waals surface area contributed by atoms with Gasteiger partial charge in [0.25, 0.3) is 0 Å². The Morgan fingerprint density at radius 3 is 2.30 bits per heavy atom. The van der Waals surface area contributed by atoms with E-state index in [1.165, 1.54) is 16.4 Å². The normalized spacial score (nSPS) is 20.3. The van der Waals surface area contributed by atoms with Crippen LogP contribution < -0.4 is 5.32 Å². The highest BCUT2D eigenvalue weighted by Gasteiger charge is 2.31. The van der Waals surface area contributed by atoms with Gasteiger partial charge in [0.2, 0.25) is 15.9 Å². The van der Waals surface area contributed by atoms with Crippen molar-refractivity contribution in [2.24, 2.45) is 5.92 Å². The molecule has 0 atom stereocenters. The number of likely N-dealkylation sites (N-methyl/N-ethyl adjacent to an activating group) is 1. The van der Waals surface area contributed by atoms with Crippen molar-refractivity contribution in [3.05, 3.63) is 29.3 Å². The van der Waals surface area contributed by atoms with Gasteiger partial charge in [-0.05, 0) is 63.5 Å². The fourth-order valence-corrected chi connectivity index (χ4v) is 5.60. The molecule has 0 spiro atoms. The summed E-state index contributed by atoms with van der Waals surface area (Å²) < 4.78 is 27.0. The summed E-state index contributed by atoms with van der Waals surface area (Å²) in [6.07, 6.45) is 3.17. The largest absolute Gasteiger partial charge is 0.356 e. The molecule has 2 fully saturated rings. The summed E-state index contributed by atoms with van der Waals surface area (Å²) in [5.41, 5.74) is 0. The predicted octanol–water partition coefficient (Wildman–Crippen LogP) is 1.88. The average molecular weight is 457 g/mol. The van der Waals surface area contributed by atoms with Crippen molar-refractivity contribution in [3.63, 3.8) is 0 Å². The molecule has 1 N–H and O–H groups in total. The van der Waals surface area contributed by atoms with Crippen LogP contribution in [-0.4, -0.2) is 87.8 Å². The lowest BCUT2D eigenvalue weighted by molar-refractivity contribution is -0.126. The van der Waals surface area contributed by atoms with Crippen molar-refractivity contribution < 1.29 is 13.2 Å². The molecule has 0 radical (unpaired) electrons. The minimum absolute atomic E-state index is 0.0538. The molecule has 9 heteroatoms. The molecular weight excluding hydrogens is 424 g/mol. The van der Waals surface area contributed by atoms with Crippen molar-refractivity contribution in [2.75, 3.05) is 59.4 Å². The van der Waals surface area contributed by atoms with Gasteiger partial charge in [-0.15, -0.1) is 0 Å². The molecular formula is C21H33ClN4O3S. The molecule has 0 unspecified atom stereocenters. The first kappa shape index (κ1) is 23.5. The number of carbonyl (C=O) groups excluding carboxylic acids is 1. The van der Waals surface area contributed by atoms with E-state index in [1.807, 2.05) is 0 Å². The van der Waals surface area contributed by atoms with Gasteiger partial charge in [-0.3, -0.25) is 4.79 Å². The Balaban J connectivity index is 1.34. The van der Waals surface area contributed by atoms with E-state index in [4.69, 9.17) is 11.6 Å². The van der Waals surface area contributed by atoms with Crippen LogP contribution in [0.1, 0.15) is 25.7 Å². The van der Waals surface area contributed by atoms with Gasteiger partial charge in [0.05, 0.1) is 4.90 Å². The molecule has 2 aliphatic heterocycles. The fraction of sp³-hybridized carbons (Fsp3) is 0.667. The molecule has 1 amide bonds. The lowest BCUT2D eigenvalue weighted by Gasteiger charge is -2.32. The molecule has 30 heavy (non-hydrogen) atoms. The zero-order valence-electron chi connectivity index (χ0n) is 17.7. The molecule has 2 aliphatic rings. The van der Waals surface area contributed by atoms with Crippen LogP contribution >= 0.6 is 11.6 Å². The molecule has 1 aromatic rings. The van der Waals surface area contributed by atoms with E-state index >= 15 is 0 Å². The highest BCUT2D eigenvalue weighted by Crippen LogP contribution is 2.24. The number of halogens is 1. The smallest absolute Gasteiger partial charge is 0.243 e. The molecule has 0 saturated carbocycles. The summed E-state index contributed by atoms with van der Waals surface area (Å²) in [6.45, 7) is 7.02. The van der Waals surface area contributed by atoms with Gasteiger partial charge in [0, 0.05) is 56.8 Å². The predicted molar refractivity (Wildman–Crippen MR) is 119 cm³/mol. The van der Waals surface area contributed by atoms with Crippen molar-refractivity contribution in [1.82, 2.24) is 19.4 Å². The van der Waals surface area contributed by atoms with Crippen molar-refractivity contribution in [3.8, 4) is 0 Å². The number of nitrogens with one attached hydrogen (secondary N) is 1. The molecule has 0 bridgehead atoms. The molecule has 7 nitrogen and oxygen atoms in total. The van der Waals surface area contributed by atoms with Crippen LogP contribution in [-0.2, 0) is 14.8 Å². The number of hydrogen-bond acceptors (Lipinski definition) is 5. The fourth-order valence-electron chi connectivity index (χ4n) is 4.00. The number of unbranched alkanes of at least 4 members (excludes halogenated alkanes) is 1. The molecule has 2 saturated heterocycles. The van der Waals surface area contributed by atoms with E-state index in [-0.39, 0.29) is 16.7 Å². The van der Waals surface area contributed by atoms with Crippen LogP contribution in [0.25, 0.3) is 0 Å². The summed E-state index contributed by atoms with van der Waals surface area (Å²) in [4.78, 5) is 17.5. The minimum atomic E-state index is -3.53. The Bertz CT molecular complexity index is 787. The number of amides is 1. The number of rotatable bonds is 8. The monoisotopic (exact) mass is 456 g/mol. The SMILES string of the molecule is CN1CCN(CCCCNC(=O)C2CCN(S(=O)(=O)c3ccc(Cl)cc3)CC2)CC1. The molecule has 0 aliphatic carbocycles. The van der Waals surface area contributed by atoms with Crippen molar-refractivity contribution in [1.29, 1.82) is 0 Å². The maximum atomic E-state index is 12.7. The Kier molecular flexibility index (Phi) is 8.53. The molecule has 0 aromatic heterocycles. The first-order chi connectivity index (χ1) is 14.4. The third kappa shape index (κ3) is 6.40. The molecule has 3 rings (SSSR count). The van der Waals surface area contributed by atoms with E-state index in [1.54, 1.807) is 12.1 Å². The highest BCUT2D eigenvalue weighted by atomic mass is 35.5. The van der Waals surface area contributed by atoms with E-state index in [9.17, 15) is 13.2 Å². The summed E-state index contributed by atoms with van der Waals surface area (Å²) >= 11 is 5.85. The zero-order valence-corrected chi connectivity index (χ0v) is 19.3. The number of nitrogens with zero attached hydrogens (tertiary/aromatic N) is 3. The van der Waals surface area contributed by atoms with Crippen molar-refractivity contribution in [2.45, 2.75) is 30.6 Å². The van der Waals surface area contributed by atoms with Gasteiger partial charge < -0.3 is 15.1 Å². The number of carbonyl (C=O) groups is 1. The third-order valence-corrected chi connectivity index (χ3v) is 8.24. The number of hydrogen-bond donors (Lipinski definition) is 1. The number of benzene rings is 1. The topological polar surface area (TPSA) is 73.0 Å². The number of piperidine rings is 1. The van der Waals surface area contributed by atoms with E-state index in [2.05, 4.69) is 22.2 Å². The second kappa shape index (κ2) is 10.9. The van der Waals surface area contributed by atoms with Gasteiger partial charge in [0.15, 0.2) is 0 Å². The van der Waals surface area contributed by atoms with Crippen LogP contribution in [0.2, 0.25) is 5.02 Å². The lowest BCUT2D eigenvalue weighted by Crippen LogP contribution is -2.45. The van der Waals surface area contributed by atoms with Gasteiger partial charge >= 0.3 is 0 Å². The summed E-state index contributed by atoms with van der Waals surface area (Å²) in [7, 11) is -1.37. The van der Waals surface area contributed by atoms with Crippen LogP contribution in [0.4, 0.5) is 0 Å². The Morgan fingerprint density at radius 2 is 1.67 bits per heavy atom. The van der Waals surface area contributed by atoms with Crippen LogP contribution in [0.3, 0.4) is 0 Å². The maximum Gasteiger partial charge on any atom is 0.243 e. The minimum Gasteiger partial charge on any atom is -0.356 e. The van der Waals surface area contributed by atoms with Gasteiger partial charge in [-0.2, -0.15) is 4.31 Å². The van der Waals surface area contributed by atoms with E-state index in [0.717, 1.165) is 45.6 Å². The van der Waals surface area contributed by atoms with Crippen LogP contribution in [0, 0.1) is 5.92 Å². The first-order valence-corrected chi connectivity index (χ1v) is 12.6. The van der Waals surface area contributed by atoms with Crippen LogP contribution in [0.15, 0.2) is 29.2 Å². The molecule has 2 heterocycles. The summed E-state index contributed by atoms with van der Waals surface area (Å²) in [5.74, 6) is -0.0579. The highest BCUT2D eigenvalue weighted by molar-refractivity contribution is 7.89. The second-order valence-corrected chi connectivity index (χ2v) is 10.6. The van der Waals surface area contributed by atoms with Gasteiger partial charge in [-0.25, -0.2) is 8.42 Å². The Hall–Kier alpha value is -1.19. The quantitative estimate of drug-likeness (QED) is 0.605. The first-order valence-electron chi connectivity index (χ1n) is 10.8. The van der Waals surface area contributed by atoms with Crippen LogP contribution in [0.5, 0.6) is 0 Å². The number of piperazine rings is 1. The van der Waals surface area contributed by atoms with E-state index < -0.39 is 10.0 Å². The molecule has 168 valence electrons. The Labute approximate surface area is 185 Å². The van der Waals surface area contributed by atoms with Gasteiger partial charge in [-0.1, -0.05) is 11.6 Å². The molecule has 1 aromatic carbocycles. The Morgan fingerprint density at radius 1 is 1.03 bits per heavy atom. The standard InChI is InChI=1S/C21H33ClN4O3S/c1-24-14-16-25(17-15-24)11-3-2-10-23-21(27)18-8-12-26(13-9-18)30(28,29)20-6-4-19(22)5-7-20/h4-7,18H,2-3,8-17H2,1H3,(H,23,27). The van der Waals surface area contributed by atoms with E-state index in [0.29, 0.717) is 37.5 Å². The zero-order chi connectivity index (χ0) is 21.6.